The summed E-state index contributed by atoms with van der Waals surface area (Å²) in [7, 11) is 0. The highest BCUT2D eigenvalue weighted by Gasteiger charge is 2.10. The Labute approximate surface area is 145 Å². The summed E-state index contributed by atoms with van der Waals surface area (Å²) in [6, 6.07) is 12.0. The summed E-state index contributed by atoms with van der Waals surface area (Å²) in [4.78, 5) is 22.8. The number of aromatic nitrogens is 2. The van der Waals surface area contributed by atoms with Crippen molar-refractivity contribution in [1.82, 2.24) is 15.3 Å². The van der Waals surface area contributed by atoms with Crippen LogP contribution in [0.3, 0.4) is 0 Å². The van der Waals surface area contributed by atoms with Crippen LogP contribution in [0.15, 0.2) is 42.7 Å². The van der Waals surface area contributed by atoms with E-state index in [0.717, 1.165) is 21.6 Å². The number of hydrogen-bond donors (Lipinski definition) is 2. The summed E-state index contributed by atoms with van der Waals surface area (Å²) in [5.74, 6) is 0.805. The van der Waals surface area contributed by atoms with E-state index in [1.807, 2.05) is 37.3 Å². The highest BCUT2D eigenvalue weighted by molar-refractivity contribution is 7.18. The minimum absolute atomic E-state index is 0.00369. The summed E-state index contributed by atoms with van der Waals surface area (Å²) < 4.78 is 0. The predicted molar refractivity (Wildman–Crippen MR) is 98.3 cm³/mol. The van der Waals surface area contributed by atoms with Crippen LogP contribution in [0.4, 0.5) is 5.82 Å². The molecule has 0 aliphatic heterocycles. The van der Waals surface area contributed by atoms with Gasteiger partial charge in [0.15, 0.2) is 0 Å². The summed E-state index contributed by atoms with van der Waals surface area (Å²) >= 11 is 1.64. The van der Waals surface area contributed by atoms with E-state index in [4.69, 9.17) is 0 Å². The van der Waals surface area contributed by atoms with Gasteiger partial charge in [-0.3, -0.25) is 4.79 Å². The minimum Gasteiger partial charge on any atom is -0.369 e. The molecule has 3 rings (SSSR count). The van der Waals surface area contributed by atoms with E-state index in [2.05, 4.69) is 33.6 Å². The van der Waals surface area contributed by atoms with Gasteiger partial charge in [0, 0.05) is 17.8 Å². The van der Waals surface area contributed by atoms with Crippen LogP contribution in [-0.4, -0.2) is 22.4 Å². The first-order valence-electron chi connectivity index (χ1n) is 7.93. The molecule has 5 nitrogen and oxygen atoms in total. The molecule has 6 heteroatoms. The molecule has 2 aromatic heterocycles. The number of nitrogens with one attached hydrogen (secondary N) is 2. The van der Waals surface area contributed by atoms with Crippen molar-refractivity contribution >= 4 is 33.3 Å². The number of rotatable bonds is 6. The van der Waals surface area contributed by atoms with E-state index in [1.54, 1.807) is 17.7 Å². The summed E-state index contributed by atoms with van der Waals surface area (Å²) in [6.07, 6.45) is 1.95. The lowest BCUT2D eigenvalue weighted by atomic mass is 10.1. The van der Waals surface area contributed by atoms with Crippen LogP contribution in [0.5, 0.6) is 0 Å². The molecule has 2 heterocycles. The van der Waals surface area contributed by atoms with Crippen molar-refractivity contribution in [3.05, 3.63) is 53.2 Å². The van der Waals surface area contributed by atoms with Gasteiger partial charge in [0.1, 0.15) is 17.0 Å². The van der Waals surface area contributed by atoms with Crippen molar-refractivity contribution in [3.8, 4) is 0 Å². The monoisotopic (exact) mass is 340 g/mol. The largest absolute Gasteiger partial charge is 0.369 e. The van der Waals surface area contributed by atoms with E-state index in [9.17, 15) is 4.79 Å². The van der Waals surface area contributed by atoms with Crippen molar-refractivity contribution < 1.29 is 4.79 Å². The number of thiophene rings is 1. The molecule has 0 aliphatic carbocycles. The molecule has 0 fully saturated rings. The first kappa shape index (κ1) is 16.4. The topological polar surface area (TPSA) is 66.9 Å². The minimum atomic E-state index is 0.00369. The Hall–Kier alpha value is -2.47. The van der Waals surface area contributed by atoms with E-state index >= 15 is 0 Å². The zero-order valence-corrected chi connectivity index (χ0v) is 14.6. The number of carbonyl (C=O) groups is 1. The van der Waals surface area contributed by atoms with Crippen LogP contribution in [-0.2, 0) is 4.79 Å². The average Bonchev–Trinajstić information content (AvgIpc) is 2.96. The van der Waals surface area contributed by atoms with Crippen LogP contribution in [0.2, 0.25) is 0 Å². The first-order chi connectivity index (χ1) is 11.6. The summed E-state index contributed by atoms with van der Waals surface area (Å²) in [5, 5.41) is 7.27. The summed E-state index contributed by atoms with van der Waals surface area (Å²) in [5.41, 5.74) is 1.10. The van der Waals surface area contributed by atoms with Gasteiger partial charge in [-0.05, 0) is 25.5 Å². The van der Waals surface area contributed by atoms with Crippen LogP contribution in [0, 0.1) is 6.92 Å². The normalized spacial score (nSPS) is 12.1. The van der Waals surface area contributed by atoms with E-state index in [0.29, 0.717) is 13.0 Å². The van der Waals surface area contributed by atoms with Gasteiger partial charge in [0.05, 0.1) is 11.4 Å². The van der Waals surface area contributed by atoms with E-state index in [-0.39, 0.29) is 11.9 Å². The van der Waals surface area contributed by atoms with Crippen LogP contribution >= 0.6 is 11.3 Å². The zero-order chi connectivity index (χ0) is 16.9. The standard InChI is InChI=1S/C18H20N4OS/c1-12-10-15-17(20-11-21-18(15)24-12)19-9-8-16(23)22-13(2)14-6-4-3-5-7-14/h3-7,10-11,13H,8-9H2,1-2H3,(H,22,23)(H,19,20,21). The lowest BCUT2D eigenvalue weighted by molar-refractivity contribution is -0.121. The molecule has 0 spiro atoms. The Kier molecular flexibility index (Phi) is 5.05. The SMILES string of the molecule is Cc1cc2c(NCCC(=O)NC(C)c3ccccc3)ncnc2s1. The number of aryl methyl sites for hydroxylation is 1. The highest BCUT2D eigenvalue weighted by Crippen LogP contribution is 2.27. The molecule has 3 aromatic rings. The lowest BCUT2D eigenvalue weighted by Gasteiger charge is -2.14. The lowest BCUT2D eigenvalue weighted by Crippen LogP contribution is -2.28. The second-order valence-electron chi connectivity index (χ2n) is 5.67. The molecule has 24 heavy (non-hydrogen) atoms. The maximum atomic E-state index is 12.1. The quantitative estimate of drug-likeness (QED) is 0.718. The molecule has 1 atom stereocenters. The Balaban J connectivity index is 1.53. The number of hydrogen-bond acceptors (Lipinski definition) is 5. The van der Waals surface area contributed by atoms with E-state index in [1.165, 1.54) is 4.88 Å². The van der Waals surface area contributed by atoms with Crippen molar-refractivity contribution in [2.45, 2.75) is 26.3 Å². The number of benzene rings is 1. The first-order valence-corrected chi connectivity index (χ1v) is 8.74. The van der Waals surface area contributed by atoms with Gasteiger partial charge in [0.2, 0.25) is 5.91 Å². The fourth-order valence-corrected chi connectivity index (χ4v) is 3.40. The molecule has 0 radical (unpaired) electrons. The van der Waals surface area contributed by atoms with Crippen molar-refractivity contribution in [1.29, 1.82) is 0 Å². The molecule has 1 unspecified atom stereocenters. The van der Waals surface area contributed by atoms with Gasteiger partial charge in [0.25, 0.3) is 0 Å². The molecule has 0 aliphatic rings. The number of carbonyl (C=O) groups excluding carboxylic acids is 1. The smallest absolute Gasteiger partial charge is 0.222 e. The average molecular weight is 340 g/mol. The third kappa shape index (κ3) is 3.89. The number of amides is 1. The maximum Gasteiger partial charge on any atom is 0.222 e. The van der Waals surface area contributed by atoms with Gasteiger partial charge < -0.3 is 10.6 Å². The van der Waals surface area contributed by atoms with Crippen LogP contribution < -0.4 is 10.6 Å². The number of fused-ring (bicyclic) bond motifs is 1. The number of anilines is 1. The molecule has 0 bridgehead atoms. The molecule has 2 N–H and O–H groups in total. The van der Waals surface area contributed by atoms with Gasteiger partial charge in [-0.2, -0.15) is 0 Å². The maximum absolute atomic E-state index is 12.1. The molecule has 0 saturated heterocycles. The molecule has 1 amide bonds. The Morgan fingerprint density at radius 1 is 1.25 bits per heavy atom. The van der Waals surface area contributed by atoms with Crippen LogP contribution in [0.25, 0.3) is 10.2 Å². The van der Waals surface area contributed by atoms with Crippen molar-refractivity contribution in [2.24, 2.45) is 0 Å². The van der Waals surface area contributed by atoms with Crippen LogP contribution in [0.1, 0.15) is 29.8 Å². The highest BCUT2D eigenvalue weighted by atomic mass is 32.1. The third-order valence-electron chi connectivity index (χ3n) is 3.77. The second-order valence-corrected chi connectivity index (χ2v) is 6.91. The van der Waals surface area contributed by atoms with Gasteiger partial charge in [-0.15, -0.1) is 11.3 Å². The molecule has 124 valence electrons. The second kappa shape index (κ2) is 7.40. The van der Waals surface area contributed by atoms with Crippen molar-refractivity contribution in [2.75, 3.05) is 11.9 Å². The fourth-order valence-electron chi connectivity index (χ4n) is 2.55. The van der Waals surface area contributed by atoms with Gasteiger partial charge >= 0.3 is 0 Å². The van der Waals surface area contributed by atoms with Gasteiger partial charge in [-0.25, -0.2) is 9.97 Å². The third-order valence-corrected chi connectivity index (χ3v) is 4.73. The predicted octanol–water partition coefficient (Wildman–Crippen LogP) is 3.68. The molecular formula is C18H20N4OS. The molecule has 1 aromatic carbocycles. The Bertz CT molecular complexity index is 831. The van der Waals surface area contributed by atoms with Gasteiger partial charge in [-0.1, -0.05) is 30.3 Å². The number of nitrogens with zero attached hydrogens (tertiary/aromatic N) is 2. The fraction of sp³-hybridized carbons (Fsp3) is 0.278. The van der Waals surface area contributed by atoms with E-state index < -0.39 is 0 Å². The molecular weight excluding hydrogens is 320 g/mol. The zero-order valence-electron chi connectivity index (χ0n) is 13.7. The Morgan fingerprint density at radius 3 is 2.83 bits per heavy atom. The molecule has 0 saturated carbocycles. The summed E-state index contributed by atoms with van der Waals surface area (Å²) in [6.45, 7) is 4.58. The Morgan fingerprint density at radius 2 is 2.04 bits per heavy atom. The van der Waals surface area contributed by atoms with Crippen molar-refractivity contribution in [3.63, 3.8) is 0 Å².